The predicted molar refractivity (Wildman–Crippen MR) is 443 cm³/mol. The van der Waals surface area contributed by atoms with Crippen LogP contribution in [0.15, 0.2) is 97.1 Å². The van der Waals surface area contributed by atoms with Gasteiger partial charge in [-0.15, -0.1) is 0 Å². The fraction of sp³-hybridized carbons (Fsp3) is 0.619. The molecule has 0 radical (unpaired) electrons. The van der Waals surface area contributed by atoms with Gasteiger partial charge >= 0.3 is 20.4 Å². The molecule has 14 rings (SSSR count). The van der Waals surface area contributed by atoms with Gasteiger partial charge in [-0.3, -0.25) is 19.2 Å². The number of aryl methyl sites for hydroxylation is 2. The van der Waals surface area contributed by atoms with E-state index >= 15 is 0 Å². The normalized spacial score (nSPS) is 30.2. The summed E-state index contributed by atoms with van der Waals surface area (Å²) in [4.78, 5) is 64.4. The number of nitrogens with one attached hydrogen (secondary N) is 2. The van der Waals surface area contributed by atoms with E-state index in [0.717, 1.165) is 85.7 Å². The number of aliphatic hydroxyl groups is 2. The highest BCUT2D eigenvalue weighted by atomic mass is 35.5. The number of rotatable bonds is 10. The van der Waals surface area contributed by atoms with E-state index in [9.17, 15) is 46.2 Å². The fourth-order valence-corrected chi connectivity index (χ4v) is 22.1. The number of carbonyl (C=O) groups is 4. The van der Waals surface area contributed by atoms with Crippen molar-refractivity contribution >= 4 is 95.3 Å². The molecule has 4 aromatic carbocycles. The van der Waals surface area contributed by atoms with Crippen molar-refractivity contribution in [3.63, 3.8) is 0 Å². The third kappa shape index (κ3) is 16.6. The van der Waals surface area contributed by atoms with E-state index in [4.69, 9.17) is 41.5 Å². The van der Waals surface area contributed by atoms with Gasteiger partial charge in [0, 0.05) is 100 Å². The van der Waals surface area contributed by atoms with Crippen LogP contribution in [-0.4, -0.2) is 191 Å². The van der Waals surface area contributed by atoms with Crippen molar-refractivity contribution in [3.8, 4) is 11.5 Å². The van der Waals surface area contributed by atoms with Crippen molar-refractivity contribution in [3.05, 3.63) is 141 Å². The molecule has 4 N–H and O–H groups in total. The van der Waals surface area contributed by atoms with Crippen LogP contribution in [0.3, 0.4) is 0 Å². The average molecular weight is 1660 g/mol. The summed E-state index contributed by atoms with van der Waals surface area (Å²) in [7, 11) is -7.73. The van der Waals surface area contributed by atoms with Gasteiger partial charge in [-0.25, -0.2) is 9.44 Å². The molecule has 28 heteroatoms. The van der Waals surface area contributed by atoms with Gasteiger partial charge in [0.25, 0.3) is 11.8 Å². The Kier molecular flexibility index (Phi) is 23.7. The minimum atomic E-state index is -4.29. The van der Waals surface area contributed by atoms with Gasteiger partial charge < -0.3 is 48.1 Å². The lowest BCUT2D eigenvalue weighted by Gasteiger charge is -2.48. The summed E-state index contributed by atoms with van der Waals surface area (Å²) in [6, 6.07) is 22.3. The van der Waals surface area contributed by atoms with Crippen LogP contribution < -0.4 is 28.7 Å². The second-order valence-corrected chi connectivity index (χ2v) is 51.3. The Hall–Kier alpha value is -5.89. The van der Waals surface area contributed by atoms with Gasteiger partial charge in [0.15, 0.2) is 27.8 Å². The zero-order valence-electron chi connectivity index (χ0n) is 67.9. The quantitative estimate of drug-likeness (QED) is 0.0850. The molecule has 612 valence electrons. The second kappa shape index (κ2) is 31.5. The number of amides is 4. The monoisotopic (exact) mass is 1650 g/mol. The van der Waals surface area contributed by atoms with Crippen LogP contribution in [0.1, 0.15) is 165 Å². The molecular weight excluding hydrogens is 1540 g/mol. The Morgan fingerprint density at radius 2 is 0.946 bits per heavy atom. The van der Waals surface area contributed by atoms with Crippen LogP contribution in [-0.2, 0) is 83.3 Å². The van der Waals surface area contributed by atoms with Crippen LogP contribution >= 0.6 is 23.2 Å². The van der Waals surface area contributed by atoms with Crippen molar-refractivity contribution in [2.24, 2.45) is 23.7 Å². The molecule has 6 aliphatic heterocycles. The largest absolute Gasteiger partial charge is 0.490 e. The Bertz CT molecular complexity index is 4290. The molecule has 2 spiro atoms. The van der Waals surface area contributed by atoms with E-state index in [1.807, 2.05) is 21.6 Å². The number of carbonyl (C=O) groups excluding carboxylic acids is 4. The van der Waals surface area contributed by atoms with E-state index < -0.39 is 84.7 Å². The first-order valence-electron chi connectivity index (χ1n) is 40.3. The number of benzene rings is 4. The maximum Gasteiger partial charge on any atom is 0.303 e. The number of nitrogens with zero attached hydrogens (tertiary/aromatic N) is 6. The zero-order valence-corrected chi connectivity index (χ0v) is 73.0. The highest BCUT2D eigenvalue weighted by molar-refractivity contribution is 7.88. The molecule has 0 aromatic heterocycles. The minimum Gasteiger partial charge on any atom is -0.490 e. The first kappa shape index (κ1) is 84.0. The Balaban J connectivity index is 0.000000196. The lowest BCUT2D eigenvalue weighted by molar-refractivity contribution is -0.153. The van der Waals surface area contributed by atoms with Crippen LogP contribution in [0.2, 0.25) is 46.3 Å². The molecule has 4 aromatic rings. The number of ether oxygens (including phenoxy) is 2. The number of hydrogen-bond donors (Lipinski definition) is 4. The summed E-state index contributed by atoms with van der Waals surface area (Å²) in [6.07, 6.45) is 20.0. The summed E-state index contributed by atoms with van der Waals surface area (Å²) in [6.45, 7) is 27.3. The summed E-state index contributed by atoms with van der Waals surface area (Å²) in [5, 5.41) is 26.4. The van der Waals surface area contributed by atoms with Crippen LogP contribution in [0.5, 0.6) is 11.5 Å². The van der Waals surface area contributed by atoms with Crippen LogP contribution in [0.25, 0.3) is 0 Å². The van der Waals surface area contributed by atoms with E-state index in [1.54, 1.807) is 46.2 Å². The molecule has 4 aliphatic carbocycles. The van der Waals surface area contributed by atoms with Crippen molar-refractivity contribution in [2.75, 3.05) is 90.5 Å². The van der Waals surface area contributed by atoms with Gasteiger partial charge in [-0.05, 0) is 232 Å². The summed E-state index contributed by atoms with van der Waals surface area (Å²) >= 11 is 13.0. The standard InChI is InChI=1S/2C42H59ClN4O7SSi/c2*1-40(2,3)56(6,7)54-36-12-8-11-32-19-21-47(32)38(48)24-42(50,39(49)44-55(51,52)45(4)5)30-14-18-37-35(23-30)46(25-29-13-16-33(29)36)26-41(27-53-37)20-9-10-28-22-31(43)15-17-34(28)41/h2*8,12,14-15,17-18,22-23,29,32-33,36,50H,9-11,13,16,19-21,24-27H2,1-7H3,(H,44,49)/b2*12-8+/t2*29?,32-,33?,36?,41?,42?/m11/s1. The van der Waals surface area contributed by atoms with E-state index in [2.05, 4.69) is 126 Å². The molecule has 6 heterocycles. The molecule has 12 atom stereocenters. The summed E-state index contributed by atoms with van der Waals surface area (Å²) in [5.74, 6) is -0.871. The molecule has 112 heavy (non-hydrogen) atoms. The highest BCUT2D eigenvalue weighted by Crippen LogP contribution is 2.53. The van der Waals surface area contributed by atoms with Crippen molar-refractivity contribution in [1.82, 2.24) is 27.9 Å². The van der Waals surface area contributed by atoms with E-state index in [-0.39, 0.29) is 80.0 Å². The molecule has 4 bridgehead atoms. The smallest absolute Gasteiger partial charge is 0.303 e. The molecule has 22 nitrogen and oxygen atoms in total. The second-order valence-electron chi connectivity index (χ2n) is 37.2. The first-order valence-corrected chi connectivity index (χ1v) is 49.8. The Morgan fingerprint density at radius 1 is 0.562 bits per heavy atom. The molecule has 2 saturated carbocycles. The van der Waals surface area contributed by atoms with Crippen molar-refractivity contribution in [1.29, 1.82) is 0 Å². The van der Waals surface area contributed by atoms with Crippen LogP contribution in [0.4, 0.5) is 11.4 Å². The average Bonchev–Trinajstić information content (AvgIpc) is 1.51. The summed E-state index contributed by atoms with van der Waals surface area (Å²) in [5.41, 5.74) is 0.847. The topological polar surface area (TPSA) is 257 Å². The van der Waals surface area contributed by atoms with Gasteiger partial charge in [0.1, 0.15) is 11.5 Å². The van der Waals surface area contributed by atoms with E-state index in [1.165, 1.54) is 50.4 Å². The molecule has 2 saturated heterocycles. The first-order chi connectivity index (χ1) is 52.5. The molecular formula is C84H118Cl2N8O14S2Si2. The Morgan fingerprint density at radius 3 is 1.28 bits per heavy atom. The van der Waals surface area contributed by atoms with Crippen molar-refractivity contribution in [2.45, 2.75) is 227 Å². The van der Waals surface area contributed by atoms with E-state index in [0.29, 0.717) is 98.2 Å². The minimum absolute atomic E-state index is 0.0304. The maximum atomic E-state index is 14.1. The zero-order chi connectivity index (χ0) is 80.8. The number of halogens is 2. The molecule has 10 aliphatic rings. The lowest BCUT2D eigenvalue weighted by Crippen LogP contribution is -2.56. The fourth-order valence-electron chi connectivity index (χ4n) is 18.0. The molecule has 10 unspecified atom stereocenters. The maximum absolute atomic E-state index is 14.1. The third-order valence-electron chi connectivity index (χ3n) is 27.6. The van der Waals surface area contributed by atoms with Gasteiger partial charge in [-0.2, -0.15) is 25.4 Å². The number of fused-ring (bicyclic) bond motifs is 10. The molecule has 4 fully saturated rings. The van der Waals surface area contributed by atoms with Gasteiger partial charge in [0.05, 0.1) is 49.6 Å². The number of hydrogen-bond acceptors (Lipinski definition) is 16. The van der Waals surface area contributed by atoms with Gasteiger partial charge in [0.2, 0.25) is 11.8 Å². The van der Waals surface area contributed by atoms with Gasteiger partial charge in [-0.1, -0.05) is 113 Å². The third-order valence-corrected chi connectivity index (χ3v) is 39.8. The Labute approximate surface area is 676 Å². The lowest BCUT2D eigenvalue weighted by atomic mass is 9.68. The number of anilines is 2. The van der Waals surface area contributed by atoms with Crippen molar-refractivity contribution < 1.29 is 64.6 Å². The molecule has 4 amide bonds. The van der Waals surface area contributed by atoms with Crippen LogP contribution in [0, 0.1) is 23.7 Å². The summed E-state index contributed by atoms with van der Waals surface area (Å²) < 4.78 is 85.6. The highest BCUT2D eigenvalue weighted by Gasteiger charge is 2.53. The predicted octanol–water partition coefficient (Wildman–Crippen LogP) is 12.6. The SMILES string of the molecule is CN(C)S(=O)(=O)NC(=O)C1(O)CC(=O)N2CC[C@H]2C/C=C/C(O[Si](C)(C)C(C)(C)C)C2CCC2CN2CC3(CCCc4cc(Cl)ccc43)COc3ccc1cc32.CN(C)S(=O)(=O)NC(=O)C1(O)CC(=O)N2CC[C@H]2C/C=C/C(O[Si](C)(C)C(C)(C)C)C2CCC2CN2CC3(CCCc4cc(Cl)ccc43)COc3ccc1cc32.